The van der Waals surface area contributed by atoms with E-state index in [0.717, 1.165) is 16.4 Å². The first kappa shape index (κ1) is 8.80. The van der Waals surface area contributed by atoms with Crippen LogP contribution in [0.3, 0.4) is 0 Å². The first-order valence-corrected chi connectivity index (χ1v) is 5.54. The van der Waals surface area contributed by atoms with Crippen LogP contribution >= 0.6 is 22.7 Å². The maximum Gasteiger partial charge on any atom is 0.143 e. The normalized spacial score (nSPS) is 10.5. The van der Waals surface area contributed by atoms with Crippen molar-refractivity contribution in [1.29, 1.82) is 0 Å². The number of aromatic nitrogens is 2. The Morgan fingerprint density at radius 2 is 2.38 bits per heavy atom. The molecule has 0 fully saturated rings. The maximum atomic E-state index is 4.98. The summed E-state index contributed by atoms with van der Waals surface area (Å²) in [6.45, 7) is 0.570. The van der Waals surface area contributed by atoms with E-state index in [0.29, 0.717) is 6.61 Å². The molecule has 0 N–H and O–H groups in total. The Morgan fingerprint density at radius 3 is 3.08 bits per heavy atom. The Labute approximate surface area is 84.1 Å². The second-order valence-corrected chi connectivity index (χ2v) is 4.03. The molecule has 0 amide bonds. The first-order chi connectivity index (χ1) is 6.40. The van der Waals surface area contributed by atoms with Crippen molar-refractivity contribution in [3.63, 3.8) is 0 Å². The predicted molar refractivity (Wildman–Crippen MR) is 53.9 cm³/mol. The molecule has 3 nitrogen and oxygen atoms in total. The van der Waals surface area contributed by atoms with Crippen LogP contribution in [0.15, 0.2) is 16.3 Å². The highest BCUT2D eigenvalue weighted by Gasteiger charge is 2.05. The molecule has 2 aromatic heterocycles. The quantitative estimate of drug-likeness (QED) is 0.783. The fraction of sp³-hybridized carbons (Fsp3) is 0.250. The smallest absolute Gasteiger partial charge is 0.143 e. The number of hydrogen-bond donors (Lipinski definition) is 0. The van der Waals surface area contributed by atoms with Crippen LogP contribution in [0.2, 0.25) is 0 Å². The van der Waals surface area contributed by atoms with Crippen LogP contribution in [0.5, 0.6) is 0 Å². The summed E-state index contributed by atoms with van der Waals surface area (Å²) in [6, 6.07) is 0. The molecular weight excluding hydrogens is 204 g/mol. The van der Waals surface area contributed by atoms with Crippen molar-refractivity contribution < 1.29 is 4.74 Å². The lowest BCUT2D eigenvalue weighted by Gasteiger charge is -1.90. The van der Waals surface area contributed by atoms with Gasteiger partial charge >= 0.3 is 0 Å². The van der Waals surface area contributed by atoms with E-state index >= 15 is 0 Å². The Balaban J connectivity index is 2.23. The van der Waals surface area contributed by atoms with Crippen LogP contribution in [0.1, 0.15) is 5.69 Å². The zero-order valence-electron chi connectivity index (χ0n) is 7.06. The van der Waals surface area contributed by atoms with Gasteiger partial charge in [0.1, 0.15) is 10.7 Å². The third-order valence-corrected chi connectivity index (χ3v) is 3.00. The molecule has 0 saturated heterocycles. The second kappa shape index (κ2) is 3.95. The third-order valence-electron chi connectivity index (χ3n) is 1.50. The topological polar surface area (TPSA) is 35.0 Å². The average Bonchev–Trinajstić information content (AvgIpc) is 2.70. The molecule has 0 radical (unpaired) electrons. The van der Waals surface area contributed by atoms with Gasteiger partial charge in [0.25, 0.3) is 0 Å². The highest BCUT2D eigenvalue weighted by atomic mass is 32.1. The van der Waals surface area contributed by atoms with Crippen LogP contribution in [0, 0.1) is 0 Å². The summed E-state index contributed by atoms with van der Waals surface area (Å²) < 4.78 is 4.98. The lowest BCUT2D eigenvalue weighted by molar-refractivity contribution is 0.182. The van der Waals surface area contributed by atoms with Crippen molar-refractivity contribution in [3.05, 3.63) is 22.0 Å². The standard InChI is InChI=1S/C8H8N2OS2/c1-11-2-6-3-13-8(10-6)7-4-12-5-9-7/h3-5H,2H2,1H3. The molecule has 2 aromatic rings. The fourth-order valence-corrected chi connectivity index (χ4v) is 2.34. The van der Waals surface area contributed by atoms with E-state index in [1.54, 1.807) is 29.8 Å². The molecule has 0 spiro atoms. The minimum atomic E-state index is 0.570. The van der Waals surface area contributed by atoms with Gasteiger partial charge in [-0.1, -0.05) is 0 Å². The Hall–Kier alpha value is -0.780. The van der Waals surface area contributed by atoms with Gasteiger partial charge < -0.3 is 4.74 Å². The van der Waals surface area contributed by atoms with E-state index in [9.17, 15) is 0 Å². The van der Waals surface area contributed by atoms with Gasteiger partial charge in [0.2, 0.25) is 0 Å². The minimum absolute atomic E-state index is 0.570. The zero-order chi connectivity index (χ0) is 9.10. The minimum Gasteiger partial charge on any atom is -0.378 e. The molecule has 2 heterocycles. The molecule has 0 saturated carbocycles. The van der Waals surface area contributed by atoms with E-state index in [2.05, 4.69) is 9.97 Å². The number of methoxy groups -OCH3 is 1. The molecule has 0 aliphatic rings. The SMILES string of the molecule is COCc1csc(-c2cscn2)n1. The molecule has 68 valence electrons. The Morgan fingerprint density at radius 1 is 1.46 bits per heavy atom. The van der Waals surface area contributed by atoms with Crippen molar-refractivity contribution in [2.24, 2.45) is 0 Å². The summed E-state index contributed by atoms with van der Waals surface area (Å²) in [5.74, 6) is 0. The zero-order valence-corrected chi connectivity index (χ0v) is 8.69. The van der Waals surface area contributed by atoms with Gasteiger partial charge in [-0.2, -0.15) is 0 Å². The van der Waals surface area contributed by atoms with E-state index in [-0.39, 0.29) is 0 Å². The molecule has 2 rings (SSSR count). The van der Waals surface area contributed by atoms with Gasteiger partial charge in [-0.05, 0) is 0 Å². The van der Waals surface area contributed by atoms with Gasteiger partial charge in [-0.3, -0.25) is 0 Å². The predicted octanol–water partition coefficient (Wildman–Crippen LogP) is 2.41. The Kier molecular flexibility index (Phi) is 2.68. The lowest BCUT2D eigenvalue weighted by atomic mass is 10.5. The summed E-state index contributed by atoms with van der Waals surface area (Å²) in [6.07, 6.45) is 0. The first-order valence-electron chi connectivity index (χ1n) is 3.72. The summed E-state index contributed by atoms with van der Waals surface area (Å²) in [7, 11) is 1.67. The van der Waals surface area contributed by atoms with Crippen LogP contribution in [-0.4, -0.2) is 17.1 Å². The molecular formula is C8H8N2OS2. The van der Waals surface area contributed by atoms with E-state index < -0.39 is 0 Å². The lowest BCUT2D eigenvalue weighted by Crippen LogP contribution is -1.86. The molecule has 0 aliphatic carbocycles. The molecule has 0 aromatic carbocycles. The Bertz CT molecular complexity index is 369. The van der Waals surface area contributed by atoms with Crippen molar-refractivity contribution in [2.45, 2.75) is 6.61 Å². The van der Waals surface area contributed by atoms with Crippen molar-refractivity contribution >= 4 is 22.7 Å². The van der Waals surface area contributed by atoms with Gasteiger partial charge in [0, 0.05) is 17.9 Å². The van der Waals surface area contributed by atoms with Crippen molar-refractivity contribution in [2.75, 3.05) is 7.11 Å². The van der Waals surface area contributed by atoms with E-state index in [1.165, 1.54) is 0 Å². The number of thiazole rings is 2. The summed E-state index contributed by atoms with van der Waals surface area (Å²) in [4.78, 5) is 8.57. The van der Waals surface area contributed by atoms with Gasteiger partial charge in [0.05, 0.1) is 17.8 Å². The van der Waals surface area contributed by atoms with E-state index in [4.69, 9.17) is 4.74 Å². The summed E-state index contributed by atoms with van der Waals surface area (Å²) in [5.41, 5.74) is 3.74. The largest absolute Gasteiger partial charge is 0.378 e. The van der Waals surface area contributed by atoms with Crippen LogP contribution < -0.4 is 0 Å². The average molecular weight is 212 g/mol. The summed E-state index contributed by atoms with van der Waals surface area (Å²) >= 11 is 3.18. The highest BCUT2D eigenvalue weighted by Crippen LogP contribution is 2.23. The molecule has 13 heavy (non-hydrogen) atoms. The molecule has 0 aliphatic heterocycles. The van der Waals surface area contributed by atoms with Crippen LogP contribution in [0.25, 0.3) is 10.7 Å². The number of ether oxygens (including phenoxy) is 1. The van der Waals surface area contributed by atoms with Crippen LogP contribution in [0.4, 0.5) is 0 Å². The van der Waals surface area contributed by atoms with Crippen molar-refractivity contribution in [1.82, 2.24) is 9.97 Å². The van der Waals surface area contributed by atoms with Gasteiger partial charge in [-0.15, -0.1) is 22.7 Å². The molecule has 0 atom stereocenters. The number of rotatable bonds is 3. The number of nitrogens with zero attached hydrogens (tertiary/aromatic N) is 2. The molecule has 5 heteroatoms. The van der Waals surface area contributed by atoms with Crippen molar-refractivity contribution in [3.8, 4) is 10.7 Å². The molecule has 0 bridgehead atoms. The van der Waals surface area contributed by atoms with E-state index in [1.807, 2.05) is 16.3 Å². The maximum absolute atomic E-state index is 4.98. The third kappa shape index (κ3) is 1.93. The second-order valence-electron chi connectivity index (χ2n) is 2.45. The monoisotopic (exact) mass is 212 g/mol. The van der Waals surface area contributed by atoms with Gasteiger partial charge in [-0.25, -0.2) is 9.97 Å². The van der Waals surface area contributed by atoms with Gasteiger partial charge in [0.15, 0.2) is 0 Å². The summed E-state index contributed by atoms with van der Waals surface area (Å²) in [5, 5.41) is 4.96. The number of hydrogen-bond acceptors (Lipinski definition) is 5. The molecule has 0 unspecified atom stereocenters. The highest BCUT2D eigenvalue weighted by molar-refractivity contribution is 7.13. The van der Waals surface area contributed by atoms with Crippen LogP contribution in [-0.2, 0) is 11.3 Å². The fourth-order valence-electron chi connectivity index (χ4n) is 0.957.